The van der Waals surface area contributed by atoms with Gasteiger partial charge in [-0.15, -0.1) is 0 Å². The zero-order chi connectivity index (χ0) is 12.3. The van der Waals surface area contributed by atoms with Crippen molar-refractivity contribution in [1.29, 1.82) is 0 Å². The number of benzene rings is 1. The van der Waals surface area contributed by atoms with Crippen molar-refractivity contribution < 1.29 is 17.9 Å². The summed E-state index contributed by atoms with van der Waals surface area (Å²) in [5.74, 6) is 0. The molecule has 7 heteroatoms. The summed E-state index contributed by atoms with van der Waals surface area (Å²) in [5, 5.41) is 9.44. The smallest absolute Gasteiger partial charge is 0.269 e. The monoisotopic (exact) mass is 245 g/mol. The number of non-ortho nitro benzene ring substituents is 1. The molecule has 88 valence electrons. The largest absolute Gasteiger partial charge is 0.285 e. The summed E-state index contributed by atoms with van der Waals surface area (Å²) < 4.78 is 30.3. The minimum atomic E-state index is -4.06. The minimum absolute atomic E-state index is 0.0525. The lowest BCUT2D eigenvalue weighted by Gasteiger charge is -2.07. The first kappa shape index (κ1) is 12.6. The molecule has 0 aliphatic heterocycles. The number of rotatable bonds is 4. The molecule has 0 radical (unpaired) electrons. The fourth-order valence-corrected chi connectivity index (χ4v) is 1.59. The van der Waals surface area contributed by atoms with E-state index in [4.69, 9.17) is 4.55 Å². The van der Waals surface area contributed by atoms with E-state index >= 15 is 0 Å². The van der Waals surface area contributed by atoms with Gasteiger partial charge in [-0.3, -0.25) is 14.7 Å². The molecule has 1 unspecified atom stereocenters. The van der Waals surface area contributed by atoms with Crippen LogP contribution in [-0.2, 0) is 16.5 Å². The van der Waals surface area contributed by atoms with Gasteiger partial charge in [0.15, 0.2) is 0 Å². The van der Waals surface area contributed by atoms with Crippen LogP contribution in [0, 0.1) is 10.1 Å². The summed E-state index contributed by atoms with van der Waals surface area (Å²) in [6, 6.07) is 5.54. The Labute approximate surface area is 92.8 Å². The molecule has 0 saturated heterocycles. The summed E-state index contributed by atoms with van der Waals surface area (Å²) in [7, 11) is -4.06. The average Bonchev–Trinajstić information content (AvgIpc) is 2.17. The molecular formula is C9H11NO5S. The topological polar surface area (TPSA) is 97.5 Å². The second kappa shape index (κ2) is 4.58. The van der Waals surface area contributed by atoms with Gasteiger partial charge in [0.05, 0.1) is 10.2 Å². The molecule has 1 aromatic carbocycles. The lowest BCUT2D eigenvalue weighted by molar-refractivity contribution is -0.384. The first-order valence-corrected chi connectivity index (χ1v) is 6.00. The highest BCUT2D eigenvalue weighted by molar-refractivity contribution is 7.86. The molecule has 0 spiro atoms. The van der Waals surface area contributed by atoms with Crippen molar-refractivity contribution in [3.63, 3.8) is 0 Å². The molecule has 0 heterocycles. The molecule has 0 bridgehead atoms. The van der Waals surface area contributed by atoms with E-state index in [1.165, 1.54) is 31.2 Å². The summed E-state index contributed by atoms with van der Waals surface area (Å²) in [6.45, 7) is 1.37. The van der Waals surface area contributed by atoms with Crippen LogP contribution in [0.3, 0.4) is 0 Å². The van der Waals surface area contributed by atoms with Gasteiger partial charge >= 0.3 is 0 Å². The van der Waals surface area contributed by atoms with Crippen molar-refractivity contribution in [3.8, 4) is 0 Å². The van der Waals surface area contributed by atoms with Gasteiger partial charge in [-0.05, 0) is 18.9 Å². The first-order valence-electron chi connectivity index (χ1n) is 4.50. The molecule has 0 aliphatic carbocycles. The number of hydrogen-bond acceptors (Lipinski definition) is 4. The highest BCUT2D eigenvalue weighted by Crippen LogP contribution is 2.14. The molecule has 1 N–H and O–H groups in total. The van der Waals surface area contributed by atoms with Gasteiger partial charge in [0.25, 0.3) is 15.8 Å². The summed E-state index contributed by atoms with van der Waals surface area (Å²) in [6.07, 6.45) is 0.122. The maximum atomic E-state index is 10.8. The molecule has 1 atom stereocenters. The SMILES string of the molecule is CC(Cc1ccc([N+](=O)[O-])cc1)S(=O)(=O)O. The first-order chi connectivity index (χ1) is 7.30. The number of hydrogen-bond donors (Lipinski definition) is 1. The zero-order valence-corrected chi connectivity index (χ0v) is 9.35. The van der Waals surface area contributed by atoms with Crippen LogP contribution >= 0.6 is 0 Å². The number of nitrogens with zero attached hydrogens (tertiary/aromatic N) is 1. The molecule has 1 aromatic rings. The average molecular weight is 245 g/mol. The standard InChI is InChI=1S/C9H11NO5S/c1-7(16(13,14)15)6-8-2-4-9(5-3-8)10(11)12/h2-5,7H,6H2,1H3,(H,13,14,15). The van der Waals surface area contributed by atoms with Crippen LogP contribution in [0.15, 0.2) is 24.3 Å². The van der Waals surface area contributed by atoms with Crippen LogP contribution in [0.5, 0.6) is 0 Å². The third kappa shape index (κ3) is 3.28. The van der Waals surface area contributed by atoms with Crippen LogP contribution in [0.25, 0.3) is 0 Å². The molecular weight excluding hydrogens is 234 g/mol. The van der Waals surface area contributed by atoms with E-state index in [1.54, 1.807) is 0 Å². The van der Waals surface area contributed by atoms with E-state index < -0.39 is 20.3 Å². The highest BCUT2D eigenvalue weighted by atomic mass is 32.2. The van der Waals surface area contributed by atoms with Gasteiger partial charge in [0, 0.05) is 12.1 Å². The van der Waals surface area contributed by atoms with Crippen molar-refractivity contribution in [2.24, 2.45) is 0 Å². The van der Waals surface area contributed by atoms with Crippen LogP contribution in [-0.4, -0.2) is 23.1 Å². The molecule has 0 aliphatic rings. The Balaban J connectivity index is 2.81. The molecule has 0 saturated carbocycles. The second-order valence-corrected chi connectivity index (χ2v) is 5.29. The van der Waals surface area contributed by atoms with Gasteiger partial charge in [-0.1, -0.05) is 12.1 Å². The van der Waals surface area contributed by atoms with Crippen LogP contribution in [0.4, 0.5) is 5.69 Å². The third-order valence-electron chi connectivity index (χ3n) is 2.18. The van der Waals surface area contributed by atoms with Gasteiger partial charge in [-0.2, -0.15) is 8.42 Å². The van der Waals surface area contributed by atoms with Crippen molar-refractivity contribution in [2.75, 3.05) is 0 Å². The van der Waals surface area contributed by atoms with Gasteiger partial charge < -0.3 is 0 Å². The summed E-state index contributed by atoms with van der Waals surface area (Å²) in [5.41, 5.74) is 0.569. The maximum absolute atomic E-state index is 10.8. The lowest BCUT2D eigenvalue weighted by Crippen LogP contribution is -2.19. The Morgan fingerprint density at radius 2 is 1.88 bits per heavy atom. The molecule has 1 rings (SSSR count). The zero-order valence-electron chi connectivity index (χ0n) is 8.53. The minimum Gasteiger partial charge on any atom is -0.285 e. The molecule has 16 heavy (non-hydrogen) atoms. The van der Waals surface area contributed by atoms with Crippen LogP contribution in [0.2, 0.25) is 0 Å². The van der Waals surface area contributed by atoms with Gasteiger partial charge in [0.1, 0.15) is 0 Å². The summed E-state index contributed by atoms with van der Waals surface area (Å²) in [4.78, 5) is 9.83. The predicted octanol–water partition coefficient (Wildman–Crippen LogP) is 1.41. The van der Waals surface area contributed by atoms with Crippen molar-refractivity contribution in [3.05, 3.63) is 39.9 Å². The molecule has 6 nitrogen and oxygen atoms in total. The van der Waals surface area contributed by atoms with E-state index in [1.807, 2.05) is 0 Å². The Bertz CT molecular complexity index is 479. The Kier molecular flexibility index (Phi) is 3.61. The summed E-state index contributed by atoms with van der Waals surface area (Å²) >= 11 is 0. The third-order valence-corrected chi connectivity index (χ3v) is 3.36. The van der Waals surface area contributed by atoms with E-state index in [0.29, 0.717) is 5.56 Å². The molecule has 0 fully saturated rings. The van der Waals surface area contributed by atoms with Crippen molar-refractivity contribution in [1.82, 2.24) is 0 Å². The van der Waals surface area contributed by atoms with Crippen molar-refractivity contribution in [2.45, 2.75) is 18.6 Å². The normalized spacial score (nSPS) is 13.4. The highest BCUT2D eigenvalue weighted by Gasteiger charge is 2.17. The van der Waals surface area contributed by atoms with E-state index in [2.05, 4.69) is 0 Å². The fourth-order valence-electron chi connectivity index (χ4n) is 1.19. The van der Waals surface area contributed by atoms with E-state index in [-0.39, 0.29) is 12.1 Å². The maximum Gasteiger partial charge on any atom is 0.269 e. The van der Waals surface area contributed by atoms with E-state index in [0.717, 1.165) is 0 Å². The fraction of sp³-hybridized carbons (Fsp3) is 0.333. The Morgan fingerprint density at radius 1 is 1.38 bits per heavy atom. The Morgan fingerprint density at radius 3 is 2.25 bits per heavy atom. The van der Waals surface area contributed by atoms with Crippen molar-refractivity contribution >= 4 is 15.8 Å². The van der Waals surface area contributed by atoms with Crippen LogP contribution in [0.1, 0.15) is 12.5 Å². The number of nitro benzene ring substituents is 1. The number of nitro groups is 1. The second-order valence-electron chi connectivity index (χ2n) is 3.45. The Hall–Kier alpha value is -1.47. The molecule has 0 amide bonds. The van der Waals surface area contributed by atoms with Gasteiger partial charge in [-0.25, -0.2) is 0 Å². The predicted molar refractivity (Wildman–Crippen MR) is 57.8 cm³/mol. The van der Waals surface area contributed by atoms with Crippen LogP contribution < -0.4 is 0 Å². The van der Waals surface area contributed by atoms with E-state index in [9.17, 15) is 18.5 Å². The quantitative estimate of drug-likeness (QED) is 0.491. The van der Waals surface area contributed by atoms with Gasteiger partial charge in [0.2, 0.25) is 0 Å². The lowest BCUT2D eigenvalue weighted by atomic mass is 10.1. The molecule has 0 aromatic heterocycles.